The van der Waals surface area contributed by atoms with Crippen LogP contribution in [0, 0.1) is 5.41 Å². The molecule has 5 nitrogen and oxygen atoms in total. The number of carboxylic acid groups (broad SMARTS) is 1. The number of rotatable bonds is 3. The fourth-order valence-corrected chi connectivity index (χ4v) is 2.08. The van der Waals surface area contributed by atoms with Gasteiger partial charge >= 0.3 is 5.97 Å². The van der Waals surface area contributed by atoms with E-state index in [9.17, 15) is 14.7 Å². The first-order chi connectivity index (χ1) is 8.14. The second-order valence-electron chi connectivity index (χ2n) is 6.10. The minimum absolute atomic E-state index is 0.00444. The van der Waals surface area contributed by atoms with E-state index in [1.54, 1.807) is 25.7 Å². The van der Waals surface area contributed by atoms with E-state index < -0.39 is 17.0 Å². The van der Waals surface area contributed by atoms with Crippen molar-refractivity contribution in [3.63, 3.8) is 0 Å². The molecule has 18 heavy (non-hydrogen) atoms. The summed E-state index contributed by atoms with van der Waals surface area (Å²) in [6.45, 7) is 6.00. The third kappa shape index (κ3) is 3.98. The zero-order chi connectivity index (χ0) is 14.0. The molecule has 1 fully saturated rings. The summed E-state index contributed by atoms with van der Waals surface area (Å²) in [5.74, 6) is -1.10. The van der Waals surface area contributed by atoms with Gasteiger partial charge in [0.1, 0.15) is 0 Å². The van der Waals surface area contributed by atoms with Gasteiger partial charge in [0.2, 0.25) is 5.91 Å². The maximum Gasteiger partial charge on any atom is 0.309 e. The Hall–Kier alpha value is -1.10. The summed E-state index contributed by atoms with van der Waals surface area (Å²) in [6, 6.07) is 0. The molecular formula is C13H23NO4. The molecule has 0 aliphatic carbocycles. The molecule has 5 heteroatoms. The van der Waals surface area contributed by atoms with Crippen molar-refractivity contribution in [2.24, 2.45) is 5.41 Å². The van der Waals surface area contributed by atoms with Crippen molar-refractivity contribution >= 4 is 11.9 Å². The molecule has 1 rings (SSSR count). The molecular weight excluding hydrogens is 234 g/mol. The Morgan fingerprint density at radius 2 is 1.89 bits per heavy atom. The largest absolute Gasteiger partial charge is 0.481 e. The molecule has 0 aromatic rings. The van der Waals surface area contributed by atoms with Crippen LogP contribution in [-0.2, 0) is 9.59 Å². The summed E-state index contributed by atoms with van der Waals surface area (Å²) < 4.78 is 0. The number of nitrogens with zero attached hydrogens (tertiary/aromatic N) is 1. The monoisotopic (exact) mass is 257 g/mol. The average Bonchev–Trinajstić information content (AvgIpc) is 2.38. The van der Waals surface area contributed by atoms with Crippen molar-refractivity contribution in [2.45, 2.75) is 52.1 Å². The van der Waals surface area contributed by atoms with E-state index >= 15 is 0 Å². The molecule has 1 heterocycles. The molecule has 104 valence electrons. The van der Waals surface area contributed by atoms with Gasteiger partial charge in [0.25, 0.3) is 0 Å². The maximum absolute atomic E-state index is 12.1. The van der Waals surface area contributed by atoms with Crippen LogP contribution in [0.3, 0.4) is 0 Å². The number of likely N-dealkylation sites (tertiary alicyclic amines) is 1. The van der Waals surface area contributed by atoms with Crippen LogP contribution in [0.4, 0.5) is 0 Å². The highest BCUT2D eigenvalue weighted by Crippen LogP contribution is 2.25. The zero-order valence-electron chi connectivity index (χ0n) is 11.4. The topological polar surface area (TPSA) is 77.8 Å². The van der Waals surface area contributed by atoms with Crippen molar-refractivity contribution in [1.29, 1.82) is 0 Å². The number of hydrogen-bond acceptors (Lipinski definition) is 3. The van der Waals surface area contributed by atoms with Gasteiger partial charge in [-0.3, -0.25) is 9.59 Å². The maximum atomic E-state index is 12.1. The van der Waals surface area contributed by atoms with Crippen molar-refractivity contribution < 1.29 is 19.8 Å². The van der Waals surface area contributed by atoms with Gasteiger partial charge in [-0.05, 0) is 40.0 Å². The molecule has 2 N–H and O–H groups in total. The standard InChI is InChI=1S/C13H23NO4/c1-12(2,11(16)17)9-10(15)14-7-4-5-13(3,18)6-8-14/h18H,4-9H2,1-3H3,(H,16,17). The summed E-state index contributed by atoms with van der Waals surface area (Å²) in [7, 11) is 0. The predicted molar refractivity (Wildman–Crippen MR) is 67.1 cm³/mol. The summed E-state index contributed by atoms with van der Waals surface area (Å²) in [6.07, 6.45) is 1.99. The number of carbonyl (C=O) groups is 2. The van der Waals surface area contributed by atoms with Crippen LogP contribution >= 0.6 is 0 Å². The fraction of sp³-hybridized carbons (Fsp3) is 0.846. The average molecular weight is 257 g/mol. The highest BCUT2D eigenvalue weighted by molar-refractivity contribution is 5.84. The quantitative estimate of drug-likeness (QED) is 0.797. The lowest BCUT2D eigenvalue weighted by Crippen LogP contribution is -2.38. The second kappa shape index (κ2) is 5.26. The normalized spacial score (nSPS) is 25.7. The molecule has 1 unspecified atom stereocenters. The van der Waals surface area contributed by atoms with Crippen molar-refractivity contribution in [3.8, 4) is 0 Å². The first-order valence-electron chi connectivity index (χ1n) is 6.38. The molecule has 1 aliphatic rings. The van der Waals surface area contributed by atoms with Crippen LogP contribution < -0.4 is 0 Å². The third-order valence-electron chi connectivity index (χ3n) is 3.59. The highest BCUT2D eigenvalue weighted by Gasteiger charge is 2.33. The Morgan fingerprint density at radius 1 is 1.28 bits per heavy atom. The van der Waals surface area contributed by atoms with Gasteiger partial charge in [-0.25, -0.2) is 0 Å². The number of carbonyl (C=O) groups excluding carboxylic acids is 1. The Bertz CT molecular complexity index is 336. The Labute approximate surface area is 108 Å². The minimum Gasteiger partial charge on any atom is -0.481 e. The molecule has 1 saturated heterocycles. The Balaban J connectivity index is 2.60. The Morgan fingerprint density at radius 3 is 2.44 bits per heavy atom. The fourth-order valence-electron chi connectivity index (χ4n) is 2.08. The summed E-state index contributed by atoms with van der Waals surface area (Å²) in [4.78, 5) is 24.7. The molecule has 0 radical (unpaired) electrons. The second-order valence-corrected chi connectivity index (χ2v) is 6.10. The molecule has 1 amide bonds. The molecule has 0 spiro atoms. The number of carboxylic acids is 1. The van der Waals surface area contributed by atoms with E-state index in [0.717, 1.165) is 6.42 Å². The van der Waals surface area contributed by atoms with Crippen molar-refractivity contribution in [3.05, 3.63) is 0 Å². The smallest absolute Gasteiger partial charge is 0.309 e. The van der Waals surface area contributed by atoms with Crippen LogP contribution in [-0.4, -0.2) is 45.7 Å². The van der Waals surface area contributed by atoms with Gasteiger partial charge in [0.15, 0.2) is 0 Å². The van der Waals surface area contributed by atoms with E-state index in [4.69, 9.17) is 5.11 Å². The number of amides is 1. The molecule has 1 atom stereocenters. The predicted octanol–water partition coefficient (Wildman–Crippen LogP) is 1.25. The Kier molecular flexibility index (Phi) is 4.37. The van der Waals surface area contributed by atoms with E-state index in [0.29, 0.717) is 25.9 Å². The van der Waals surface area contributed by atoms with Crippen LogP contribution in [0.15, 0.2) is 0 Å². The van der Waals surface area contributed by atoms with Crippen LogP contribution in [0.2, 0.25) is 0 Å². The number of hydrogen-bond donors (Lipinski definition) is 2. The number of aliphatic hydroxyl groups is 1. The summed E-state index contributed by atoms with van der Waals surface area (Å²) >= 11 is 0. The van der Waals surface area contributed by atoms with E-state index in [2.05, 4.69) is 0 Å². The van der Waals surface area contributed by atoms with Crippen LogP contribution in [0.1, 0.15) is 46.5 Å². The highest BCUT2D eigenvalue weighted by atomic mass is 16.4. The first-order valence-corrected chi connectivity index (χ1v) is 6.38. The lowest BCUT2D eigenvalue weighted by molar-refractivity contribution is -0.151. The lowest BCUT2D eigenvalue weighted by Gasteiger charge is -2.26. The zero-order valence-corrected chi connectivity index (χ0v) is 11.4. The molecule has 0 aromatic carbocycles. The van der Waals surface area contributed by atoms with E-state index in [1.165, 1.54) is 0 Å². The minimum atomic E-state index is -1.04. The van der Waals surface area contributed by atoms with Gasteiger partial charge in [-0.2, -0.15) is 0 Å². The van der Waals surface area contributed by atoms with Gasteiger partial charge < -0.3 is 15.1 Å². The van der Waals surface area contributed by atoms with Gasteiger partial charge in [0, 0.05) is 19.5 Å². The molecule has 0 saturated carbocycles. The summed E-state index contributed by atoms with van der Waals surface area (Å²) in [5, 5.41) is 19.0. The first kappa shape index (κ1) is 15.0. The molecule has 1 aliphatic heterocycles. The van der Waals surface area contributed by atoms with Gasteiger partial charge in [0.05, 0.1) is 11.0 Å². The number of aliphatic carboxylic acids is 1. The van der Waals surface area contributed by atoms with E-state index in [-0.39, 0.29) is 12.3 Å². The van der Waals surface area contributed by atoms with Crippen molar-refractivity contribution in [1.82, 2.24) is 4.90 Å². The molecule has 0 bridgehead atoms. The van der Waals surface area contributed by atoms with Crippen LogP contribution in [0.5, 0.6) is 0 Å². The summed E-state index contributed by atoms with van der Waals surface area (Å²) in [5.41, 5.74) is -1.75. The van der Waals surface area contributed by atoms with Crippen LogP contribution in [0.25, 0.3) is 0 Å². The SMILES string of the molecule is CC1(O)CCCN(C(=O)CC(C)(C)C(=O)O)CC1. The van der Waals surface area contributed by atoms with Gasteiger partial charge in [-0.15, -0.1) is 0 Å². The van der Waals surface area contributed by atoms with Gasteiger partial charge in [-0.1, -0.05) is 0 Å². The van der Waals surface area contributed by atoms with Crippen molar-refractivity contribution in [2.75, 3.05) is 13.1 Å². The molecule has 0 aromatic heterocycles. The third-order valence-corrected chi connectivity index (χ3v) is 3.59. The lowest BCUT2D eigenvalue weighted by atomic mass is 9.89. The van der Waals surface area contributed by atoms with E-state index in [1.807, 2.05) is 0 Å².